The minimum atomic E-state index is 0.00796. The smallest absolute Gasteiger partial charge is 0.178 e. The second kappa shape index (κ2) is 4.76. The lowest BCUT2D eigenvalue weighted by molar-refractivity contribution is 0.101. The molecule has 2 nitrogen and oxygen atoms in total. The Morgan fingerprint density at radius 3 is 2.94 bits per heavy atom. The largest absolute Gasteiger partial charge is 0.293 e. The molecule has 0 spiro atoms. The fourth-order valence-corrected chi connectivity index (χ4v) is 2.46. The van der Waals surface area contributed by atoms with Crippen LogP contribution in [0.1, 0.15) is 28.0 Å². The summed E-state index contributed by atoms with van der Waals surface area (Å²) in [5, 5.41) is 3.45. The molecule has 1 aromatic carbocycles. The van der Waals surface area contributed by atoms with E-state index < -0.39 is 0 Å². The van der Waals surface area contributed by atoms with E-state index in [0.29, 0.717) is 5.69 Å². The molecule has 16 heavy (non-hydrogen) atoms. The van der Waals surface area contributed by atoms with E-state index in [9.17, 15) is 4.79 Å². The Hall–Kier alpha value is -1.19. The number of aromatic nitrogens is 1. The molecule has 0 saturated carbocycles. The zero-order valence-electron chi connectivity index (χ0n) is 8.74. The fourth-order valence-electron chi connectivity index (χ4n) is 1.38. The van der Waals surface area contributed by atoms with Crippen molar-refractivity contribution in [3.63, 3.8) is 0 Å². The van der Waals surface area contributed by atoms with Crippen LogP contribution < -0.4 is 0 Å². The van der Waals surface area contributed by atoms with Crippen molar-refractivity contribution in [3.05, 3.63) is 50.9 Å². The molecule has 0 atom stereocenters. The summed E-state index contributed by atoms with van der Waals surface area (Å²) >= 11 is 7.40. The number of rotatable bonds is 3. The van der Waals surface area contributed by atoms with Crippen LogP contribution in [0.15, 0.2) is 29.6 Å². The third-order valence-corrected chi connectivity index (χ3v) is 3.24. The molecular formula is C12H10ClNOS. The molecule has 4 heteroatoms. The normalized spacial score (nSPS) is 10.4. The molecule has 1 heterocycles. The van der Waals surface area contributed by atoms with Gasteiger partial charge < -0.3 is 0 Å². The van der Waals surface area contributed by atoms with Crippen molar-refractivity contribution in [3.8, 4) is 0 Å². The third kappa shape index (κ3) is 2.68. The first-order chi connectivity index (χ1) is 7.65. The quantitative estimate of drug-likeness (QED) is 0.781. The van der Waals surface area contributed by atoms with E-state index in [1.165, 1.54) is 18.3 Å². The molecule has 0 saturated heterocycles. The van der Waals surface area contributed by atoms with Crippen LogP contribution in [0.4, 0.5) is 0 Å². The molecule has 0 radical (unpaired) electrons. The summed E-state index contributed by atoms with van der Waals surface area (Å²) in [6, 6.07) is 7.67. The Balaban J connectivity index is 2.17. The number of Topliss-reactive ketones (excluding diaryl/α,β-unsaturated/α-hetero) is 1. The summed E-state index contributed by atoms with van der Waals surface area (Å²) in [4.78, 5) is 15.3. The predicted octanol–water partition coefficient (Wildman–Crippen LogP) is 3.59. The lowest BCUT2D eigenvalue weighted by Gasteiger charge is -1.98. The molecule has 0 fully saturated rings. The van der Waals surface area contributed by atoms with Gasteiger partial charge in [-0.15, -0.1) is 11.3 Å². The molecule has 82 valence electrons. The van der Waals surface area contributed by atoms with Gasteiger partial charge in [0.25, 0.3) is 0 Å². The third-order valence-electron chi connectivity index (χ3n) is 2.16. The molecule has 2 aromatic rings. The summed E-state index contributed by atoms with van der Waals surface area (Å²) in [6.07, 6.45) is 0.721. The van der Waals surface area contributed by atoms with E-state index in [0.717, 1.165) is 22.0 Å². The number of nitrogens with zero attached hydrogens (tertiary/aromatic N) is 1. The SMILES string of the molecule is CC(=O)c1csc(Cc2cccc(Cl)c2)n1. The van der Waals surface area contributed by atoms with Gasteiger partial charge in [-0.25, -0.2) is 4.98 Å². The standard InChI is InChI=1S/C12H10ClNOS/c1-8(15)11-7-16-12(14-11)6-9-3-2-4-10(13)5-9/h2-5,7H,6H2,1H3. The van der Waals surface area contributed by atoms with E-state index in [-0.39, 0.29) is 5.78 Å². The van der Waals surface area contributed by atoms with Crippen LogP contribution >= 0.6 is 22.9 Å². The van der Waals surface area contributed by atoms with Gasteiger partial charge in [0.2, 0.25) is 0 Å². The van der Waals surface area contributed by atoms with Crippen LogP contribution in [0.5, 0.6) is 0 Å². The van der Waals surface area contributed by atoms with Gasteiger partial charge in [0, 0.05) is 23.7 Å². The highest BCUT2D eigenvalue weighted by molar-refractivity contribution is 7.09. The van der Waals surface area contributed by atoms with Crippen LogP contribution in [-0.4, -0.2) is 10.8 Å². The molecule has 2 rings (SSSR count). The van der Waals surface area contributed by atoms with E-state index in [1.807, 2.05) is 24.3 Å². The maximum absolute atomic E-state index is 11.1. The van der Waals surface area contributed by atoms with Crippen LogP contribution in [0.2, 0.25) is 5.02 Å². The number of halogens is 1. The molecule has 0 aliphatic heterocycles. The van der Waals surface area contributed by atoms with E-state index in [2.05, 4.69) is 4.98 Å². The highest BCUT2D eigenvalue weighted by Gasteiger charge is 2.06. The number of carbonyl (C=O) groups is 1. The van der Waals surface area contributed by atoms with Crippen LogP contribution in [0, 0.1) is 0 Å². The minimum absolute atomic E-state index is 0.00796. The average Bonchev–Trinajstić information content (AvgIpc) is 2.66. The van der Waals surface area contributed by atoms with Gasteiger partial charge in [0.1, 0.15) is 5.69 Å². The van der Waals surface area contributed by atoms with E-state index in [4.69, 9.17) is 11.6 Å². The highest BCUT2D eigenvalue weighted by atomic mass is 35.5. The zero-order chi connectivity index (χ0) is 11.5. The van der Waals surface area contributed by atoms with E-state index >= 15 is 0 Å². The number of carbonyl (C=O) groups excluding carboxylic acids is 1. The first-order valence-electron chi connectivity index (χ1n) is 4.85. The van der Waals surface area contributed by atoms with Crippen LogP contribution in [0.25, 0.3) is 0 Å². The summed E-state index contributed by atoms with van der Waals surface area (Å²) in [7, 11) is 0. The summed E-state index contributed by atoms with van der Waals surface area (Å²) < 4.78 is 0. The number of ketones is 1. The molecule has 0 N–H and O–H groups in total. The number of hydrogen-bond donors (Lipinski definition) is 0. The first kappa shape index (κ1) is 11.3. The Morgan fingerprint density at radius 2 is 2.31 bits per heavy atom. The average molecular weight is 252 g/mol. The monoisotopic (exact) mass is 251 g/mol. The fraction of sp³-hybridized carbons (Fsp3) is 0.167. The molecule has 0 aliphatic carbocycles. The Kier molecular flexibility index (Phi) is 3.36. The molecule has 0 bridgehead atoms. The Labute approximate surface area is 103 Å². The number of hydrogen-bond acceptors (Lipinski definition) is 3. The van der Waals surface area contributed by atoms with Gasteiger partial charge in [-0.05, 0) is 17.7 Å². The van der Waals surface area contributed by atoms with Gasteiger partial charge in [-0.3, -0.25) is 4.79 Å². The molecular weight excluding hydrogens is 242 g/mol. The van der Waals surface area contributed by atoms with E-state index in [1.54, 1.807) is 5.38 Å². The highest BCUT2D eigenvalue weighted by Crippen LogP contribution is 2.17. The zero-order valence-corrected chi connectivity index (χ0v) is 10.3. The van der Waals surface area contributed by atoms with Crippen LogP contribution in [-0.2, 0) is 6.42 Å². The Morgan fingerprint density at radius 1 is 1.50 bits per heavy atom. The Bertz CT molecular complexity index is 521. The van der Waals surface area contributed by atoms with Crippen LogP contribution in [0.3, 0.4) is 0 Å². The molecule has 1 aromatic heterocycles. The first-order valence-corrected chi connectivity index (χ1v) is 6.10. The molecule has 0 unspecified atom stereocenters. The second-order valence-electron chi connectivity index (χ2n) is 3.49. The van der Waals surface area contributed by atoms with Crippen molar-refractivity contribution < 1.29 is 4.79 Å². The lowest BCUT2D eigenvalue weighted by Crippen LogP contribution is -1.93. The van der Waals surface area contributed by atoms with Crippen molar-refractivity contribution in [2.75, 3.05) is 0 Å². The van der Waals surface area contributed by atoms with Gasteiger partial charge in [0.15, 0.2) is 5.78 Å². The minimum Gasteiger partial charge on any atom is -0.293 e. The van der Waals surface area contributed by atoms with Gasteiger partial charge in [0.05, 0.1) is 5.01 Å². The van der Waals surface area contributed by atoms with Crippen molar-refractivity contribution in [1.82, 2.24) is 4.98 Å². The van der Waals surface area contributed by atoms with Gasteiger partial charge >= 0.3 is 0 Å². The lowest BCUT2D eigenvalue weighted by atomic mass is 10.2. The summed E-state index contributed by atoms with van der Waals surface area (Å²) in [6.45, 7) is 1.53. The molecule has 0 aliphatic rings. The van der Waals surface area contributed by atoms with Crippen molar-refractivity contribution >= 4 is 28.7 Å². The van der Waals surface area contributed by atoms with Crippen molar-refractivity contribution in [2.24, 2.45) is 0 Å². The van der Waals surface area contributed by atoms with Gasteiger partial charge in [-0.1, -0.05) is 23.7 Å². The van der Waals surface area contributed by atoms with Crippen molar-refractivity contribution in [1.29, 1.82) is 0 Å². The van der Waals surface area contributed by atoms with Gasteiger partial charge in [-0.2, -0.15) is 0 Å². The predicted molar refractivity (Wildman–Crippen MR) is 66.4 cm³/mol. The summed E-state index contributed by atoms with van der Waals surface area (Å²) in [5.41, 5.74) is 1.65. The topological polar surface area (TPSA) is 30.0 Å². The molecule has 0 amide bonds. The summed E-state index contributed by atoms with van der Waals surface area (Å²) in [5.74, 6) is 0.00796. The maximum atomic E-state index is 11.1. The second-order valence-corrected chi connectivity index (χ2v) is 4.87. The van der Waals surface area contributed by atoms with Crippen molar-refractivity contribution in [2.45, 2.75) is 13.3 Å². The number of thiazole rings is 1. The number of benzene rings is 1. The maximum Gasteiger partial charge on any atom is 0.178 e.